The van der Waals surface area contributed by atoms with Crippen LogP contribution in [0.15, 0.2) is 24.3 Å². The first-order valence-electron chi connectivity index (χ1n) is 8.94. The second kappa shape index (κ2) is 8.79. The van der Waals surface area contributed by atoms with Crippen LogP contribution < -0.4 is 0 Å². The van der Waals surface area contributed by atoms with Crippen molar-refractivity contribution in [3.8, 4) is 0 Å². The Bertz CT molecular complexity index is 724. The highest BCUT2D eigenvalue weighted by Crippen LogP contribution is 2.16. The molecule has 1 amide bonds. The predicted molar refractivity (Wildman–Crippen MR) is 97.7 cm³/mol. The van der Waals surface area contributed by atoms with Crippen LogP contribution in [0.2, 0.25) is 0 Å². The van der Waals surface area contributed by atoms with Gasteiger partial charge >= 0.3 is 0 Å². The maximum atomic E-state index is 13.9. The molecule has 0 saturated carbocycles. The summed E-state index contributed by atoms with van der Waals surface area (Å²) >= 11 is 0. The molecule has 4 nitrogen and oxygen atoms in total. The Hall–Kier alpha value is -2.17. The second-order valence-corrected chi connectivity index (χ2v) is 6.53. The molecule has 0 aliphatic carbocycles. The van der Waals surface area contributed by atoms with Crippen molar-refractivity contribution in [3.05, 3.63) is 52.6 Å². The Morgan fingerprint density at radius 1 is 1.28 bits per heavy atom. The number of aromatic nitrogens is 2. The van der Waals surface area contributed by atoms with Gasteiger partial charge in [0.1, 0.15) is 5.82 Å². The third kappa shape index (κ3) is 4.91. The number of carbonyl (C=O) groups excluding carboxylic acids is 1. The number of unbranched alkanes of at least 4 members (excludes halogenated alkanes) is 1. The molecule has 0 unspecified atom stereocenters. The Balaban J connectivity index is 2.06. The molecule has 0 aliphatic rings. The first-order chi connectivity index (χ1) is 11.9. The van der Waals surface area contributed by atoms with Gasteiger partial charge in [0, 0.05) is 37.8 Å². The lowest BCUT2D eigenvalue weighted by Gasteiger charge is -2.23. The van der Waals surface area contributed by atoms with Crippen LogP contribution in [0, 0.1) is 19.7 Å². The van der Waals surface area contributed by atoms with Gasteiger partial charge in [0.2, 0.25) is 5.91 Å². The van der Waals surface area contributed by atoms with Gasteiger partial charge in [-0.05, 0) is 38.3 Å². The molecule has 1 aromatic heterocycles. The van der Waals surface area contributed by atoms with Crippen molar-refractivity contribution in [1.82, 2.24) is 14.7 Å². The first-order valence-corrected chi connectivity index (χ1v) is 8.94. The van der Waals surface area contributed by atoms with Crippen molar-refractivity contribution in [2.45, 2.75) is 53.0 Å². The maximum absolute atomic E-state index is 13.9. The molecule has 0 fully saturated rings. The van der Waals surface area contributed by atoms with Crippen LogP contribution >= 0.6 is 0 Å². The van der Waals surface area contributed by atoms with E-state index in [9.17, 15) is 9.18 Å². The molecule has 0 N–H and O–H groups in total. The minimum atomic E-state index is -0.254. The van der Waals surface area contributed by atoms with Crippen molar-refractivity contribution in [3.63, 3.8) is 0 Å². The molecule has 25 heavy (non-hydrogen) atoms. The Morgan fingerprint density at radius 3 is 2.60 bits per heavy atom. The van der Waals surface area contributed by atoms with E-state index in [2.05, 4.69) is 12.0 Å². The quantitative estimate of drug-likeness (QED) is 0.727. The molecule has 1 heterocycles. The van der Waals surface area contributed by atoms with Gasteiger partial charge in [-0.2, -0.15) is 5.10 Å². The molecule has 0 saturated heterocycles. The summed E-state index contributed by atoms with van der Waals surface area (Å²) in [7, 11) is 1.92. The number of amides is 1. The Morgan fingerprint density at radius 2 is 2.00 bits per heavy atom. The molecule has 0 atom stereocenters. The highest BCUT2D eigenvalue weighted by atomic mass is 19.1. The van der Waals surface area contributed by atoms with Crippen molar-refractivity contribution in [1.29, 1.82) is 0 Å². The molecule has 0 spiro atoms. The van der Waals surface area contributed by atoms with Crippen LogP contribution in [0.5, 0.6) is 0 Å². The standard InChI is InChI=1S/C20H28FN3O/c1-5-6-13-24(14-17-9-7-8-10-19(17)21)20(25)12-11-18-15(2)22-23(4)16(18)3/h7-10H,5-6,11-14H2,1-4H3. The van der Waals surface area contributed by atoms with Gasteiger partial charge < -0.3 is 4.90 Å². The van der Waals surface area contributed by atoms with Gasteiger partial charge in [-0.1, -0.05) is 31.5 Å². The predicted octanol–water partition coefficient (Wildman–Crippen LogP) is 3.94. The molecule has 136 valence electrons. The number of halogens is 1. The summed E-state index contributed by atoms with van der Waals surface area (Å²) in [5.74, 6) is -0.185. The summed E-state index contributed by atoms with van der Waals surface area (Å²) < 4.78 is 15.8. The van der Waals surface area contributed by atoms with E-state index in [-0.39, 0.29) is 11.7 Å². The first kappa shape index (κ1) is 19.2. The summed E-state index contributed by atoms with van der Waals surface area (Å²) in [5, 5.41) is 4.40. The van der Waals surface area contributed by atoms with Crippen molar-refractivity contribution in [2.75, 3.05) is 6.54 Å². The van der Waals surface area contributed by atoms with Gasteiger partial charge in [0.15, 0.2) is 0 Å². The van der Waals surface area contributed by atoms with Crippen LogP contribution in [0.1, 0.15) is 48.7 Å². The molecular formula is C20H28FN3O. The normalized spacial score (nSPS) is 10.9. The number of hydrogen-bond donors (Lipinski definition) is 0. The second-order valence-electron chi connectivity index (χ2n) is 6.53. The number of rotatable bonds is 8. The largest absolute Gasteiger partial charge is 0.338 e. The lowest BCUT2D eigenvalue weighted by molar-refractivity contribution is -0.131. The number of benzene rings is 1. The number of carbonyl (C=O) groups is 1. The van der Waals surface area contributed by atoms with E-state index >= 15 is 0 Å². The fraction of sp³-hybridized carbons (Fsp3) is 0.500. The maximum Gasteiger partial charge on any atom is 0.223 e. The Labute approximate surface area is 149 Å². The van der Waals surface area contributed by atoms with Crippen LogP contribution in [0.4, 0.5) is 4.39 Å². The van der Waals surface area contributed by atoms with Crippen LogP contribution in [0.3, 0.4) is 0 Å². The van der Waals surface area contributed by atoms with E-state index in [1.54, 1.807) is 17.0 Å². The smallest absolute Gasteiger partial charge is 0.223 e. The van der Waals surface area contributed by atoms with Gasteiger partial charge in [-0.3, -0.25) is 9.48 Å². The molecule has 1 aromatic carbocycles. The molecule has 5 heteroatoms. The summed E-state index contributed by atoms with van der Waals surface area (Å²) in [6.07, 6.45) is 3.02. The molecule has 0 radical (unpaired) electrons. The zero-order valence-corrected chi connectivity index (χ0v) is 15.7. The third-order valence-corrected chi connectivity index (χ3v) is 4.70. The molecule has 0 aliphatic heterocycles. The average Bonchev–Trinajstić information content (AvgIpc) is 2.83. The minimum absolute atomic E-state index is 0.0688. The monoisotopic (exact) mass is 345 g/mol. The van der Waals surface area contributed by atoms with Gasteiger partial charge in [0.25, 0.3) is 0 Å². The van der Waals surface area contributed by atoms with E-state index in [0.717, 1.165) is 29.8 Å². The zero-order chi connectivity index (χ0) is 18.4. The summed E-state index contributed by atoms with van der Waals surface area (Å²) in [6, 6.07) is 6.67. The van der Waals surface area contributed by atoms with Crippen LogP contribution in [-0.4, -0.2) is 27.1 Å². The van der Waals surface area contributed by atoms with Crippen LogP contribution in [0.25, 0.3) is 0 Å². The van der Waals surface area contributed by atoms with Gasteiger partial charge in [0.05, 0.1) is 5.69 Å². The minimum Gasteiger partial charge on any atom is -0.338 e. The van der Waals surface area contributed by atoms with Crippen LogP contribution in [-0.2, 0) is 24.8 Å². The van der Waals surface area contributed by atoms with E-state index in [0.29, 0.717) is 31.5 Å². The molecular weight excluding hydrogens is 317 g/mol. The third-order valence-electron chi connectivity index (χ3n) is 4.70. The number of hydrogen-bond acceptors (Lipinski definition) is 2. The zero-order valence-electron chi connectivity index (χ0n) is 15.7. The van der Waals surface area contributed by atoms with Crippen molar-refractivity contribution >= 4 is 5.91 Å². The highest BCUT2D eigenvalue weighted by Gasteiger charge is 2.17. The molecule has 2 aromatic rings. The summed E-state index contributed by atoms with van der Waals surface area (Å²) in [4.78, 5) is 14.5. The fourth-order valence-electron chi connectivity index (χ4n) is 3.04. The summed E-state index contributed by atoms with van der Waals surface area (Å²) in [5.41, 5.74) is 3.78. The summed E-state index contributed by atoms with van der Waals surface area (Å²) in [6.45, 7) is 7.08. The number of nitrogens with zero attached hydrogens (tertiary/aromatic N) is 3. The van der Waals surface area contributed by atoms with Gasteiger partial charge in [-0.25, -0.2) is 4.39 Å². The van der Waals surface area contributed by atoms with E-state index in [4.69, 9.17) is 0 Å². The van der Waals surface area contributed by atoms with Crippen molar-refractivity contribution < 1.29 is 9.18 Å². The lowest BCUT2D eigenvalue weighted by Crippen LogP contribution is -2.32. The van der Waals surface area contributed by atoms with E-state index in [1.807, 2.05) is 31.6 Å². The average molecular weight is 345 g/mol. The van der Waals surface area contributed by atoms with Crippen molar-refractivity contribution in [2.24, 2.45) is 7.05 Å². The number of aryl methyl sites for hydroxylation is 2. The highest BCUT2D eigenvalue weighted by molar-refractivity contribution is 5.76. The van der Waals surface area contributed by atoms with Gasteiger partial charge in [-0.15, -0.1) is 0 Å². The van der Waals surface area contributed by atoms with E-state index in [1.165, 1.54) is 6.07 Å². The SMILES string of the molecule is CCCCN(Cc1ccccc1F)C(=O)CCc1c(C)nn(C)c1C. The van der Waals surface area contributed by atoms with E-state index < -0.39 is 0 Å². The fourth-order valence-corrected chi connectivity index (χ4v) is 3.04. The molecule has 2 rings (SSSR count). The topological polar surface area (TPSA) is 38.1 Å². The lowest BCUT2D eigenvalue weighted by atomic mass is 10.1. The Kier molecular flexibility index (Phi) is 6.73. The molecule has 0 bridgehead atoms.